The molecule has 2 aromatic heterocycles. The number of anilines is 1. The van der Waals surface area contributed by atoms with Gasteiger partial charge in [-0.1, -0.05) is 19.6 Å². The van der Waals surface area contributed by atoms with Crippen molar-refractivity contribution in [1.82, 2.24) is 24.8 Å². The molecule has 2 N–H and O–H groups in total. The van der Waals surface area contributed by atoms with Crippen molar-refractivity contribution < 1.29 is 22.7 Å². The molecule has 2 bridgehead atoms. The van der Waals surface area contributed by atoms with Gasteiger partial charge in [-0.3, -0.25) is 9.52 Å². The second kappa shape index (κ2) is 12.3. The lowest BCUT2D eigenvalue weighted by atomic mass is 9.93. The average Bonchev–Trinajstić information content (AvgIpc) is 3.50. The summed E-state index contributed by atoms with van der Waals surface area (Å²) >= 11 is 1.05. The number of rotatable bonds is 6. The number of hydrogen-bond donors (Lipinski definition) is 2. The van der Waals surface area contributed by atoms with E-state index in [1.54, 1.807) is 30.5 Å². The maximum atomic E-state index is 13.5. The second-order valence-corrected chi connectivity index (χ2v) is 12.9. The summed E-state index contributed by atoms with van der Waals surface area (Å²) in [5.74, 6) is 1.84. The SMILES string of the molecule is C=C/C1=N\C(=C)NCCCCC2CN(c3nc(-n4ccc(OCCC5(C(F)(F)F)CC5)n4)ccc3C(=O)NS1)C(C)(C)C2. The van der Waals surface area contributed by atoms with Crippen LogP contribution in [-0.4, -0.2) is 57.1 Å². The summed E-state index contributed by atoms with van der Waals surface area (Å²) in [6.07, 6.45) is 3.21. The Morgan fingerprint density at radius 3 is 2.74 bits per heavy atom. The molecular formula is C30H38F3N7O2S. The topological polar surface area (TPSA) is 96.7 Å². The number of aliphatic imine (C=N–C) groups is 1. The van der Waals surface area contributed by atoms with Crippen molar-refractivity contribution in [3.05, 3.63) is 55.0 Å². The monoisotopic (exact) mass is 617 g/mol. The van der Waals surface area contributed by atoms with Gasteiger partial charge in [0.05, 0.1) is 17.6 Å². The Hall–Kier alpha value is -3.48. The molecule has 232 valence electrons. The fourth-order valence-corrected chi connectivity index (χ4v) is 6.36. The van der Waals surface area contributed by atoms with Gasteiger partial charge in [0.2, 0.25) is 5.88 Å². The molecule has 1 aliphatic carbocycles. The number of carbonyl (C=O) groups excluding carboxylic acids is 1. The van der Waals surface area contributed by atoms with Gasteiger partial charge >= 0.3 is 6.18 Å². The molecule has 2 fully saturated rings. The Labute approximate surface area is 254 Å². The first-order valence-corrected chi connectivity index (χ1v) is 15.4. The number of alkyl halides is 3. The zero-order valence-corrected chi connectivity index (χ0v) is 25.4. The summed E-state index contributed by atoms with van der Waals surface area (Å²) in [4.78, 5) is 25.0. The molecular weight excluding hydrogens is 579 g/mol. The largest absolute Gasteiger partial charge is 0.477 e. The molecule has 1 atom stereocenters. The van der Waals surface area contributed by atoms with Crippen LogP contribution in [0, 0.1) is 11.3 Å². The molecule has 9 nitrogen and oxygen atoms in total. The third-order valence-corrected chi connectivity index (χ3v) is 9.20. The Kier molecular flexibility index (Phi) is 8.82. The quantitative estimate of drug-likeness (QED) is 0.373. The van der Waals surface area contributed by atoms with Crippen molar-refractivity contribution in [1.29, 1.82) is 0 Å². The molecule has 0 radical (unpaired) electrons. The highest BCUT2D eigenvalue weighted by molar-refractivity contribution is 8.13. The van der Waals surface area contributed by atoms with Crippen molar-refractivity contribution in [3.8, 4) is 11.7 Å². The van der Waals surface area contributed by atoms with Crippen LogP contribution < -0.4 is 19.7 Å². The minimum Gasteiger partial charge on any atom is -0.477 e. The maximum absolute atomic E-state index is 13.5. The first-order valence-electron chi connectivity index (χ1n) is 14.6. The molecule has 2 aliphatic heterocycles. The van der Waals surface area contributed by atoms with Gasteiger partial charge in [-0.15, -0.1) is 5.10 Å². The van der Waals surface area contributed by atoms with Gasteiger partial charge in [0, 0.05) is 42.8 Å². The Morgan fingerprint density at radius 2 is 2.02 bits per heavy atom. The molecule has 0 aromatic carbocycles. The van der Waals surface area contributed by atoms with Gasteiger partial charge in [-0.2, -0.15) is 13.2 Å². The van der Waals surface area contributed by atoms with Crippen molar-refractivity contribution in [2.45, 2.75) is 70.5 Å². The predicted octanol–water partition coefficient (Wildman–Crippen LogP) is 6.19. The summed E-state index contributed by atoms with van der Waals surface area (Å²) in [6.45, 7) is 13.5. The fourth-order valence-electron chi connectivity index (χ4n) is 5.82. The van der Waals surface area contributed by atoms with Crippen molar-refractivity contribution in [2.24, 2.45) is 16.3 Å². The van der Waals surface area contributed by atoms with Gasteiger partial charge in [0.15, 0.2) is 5.82 Å². The number of ether oxygens (including phenoxy) is 1. The first-order chi connectivity index (χ1) is 20.4. The summed E-state index contributed by atoms with van der Waals surface area (Å²) < 4.78 is 49.8. The first kappa shape index (κ1) is 31.0. The molecule has 4 heterocycles. The van der Waals surface area contributed by atoms with E-state index in [-0.39, 0.29) is 43.2 Å². The summed E-state index contributed by atoms with van der Waals surface area (Å²) in [5.41, 5.74) is -1.47. The van der Waals surface area contributed by atoms with Crippen molar-refractivity contribution in [3.63, 3.8) is 0 Å². The molecule has 3 aliphatic rings. The number of aromatic nitrogens is 3. The molecule has 1 amide bonds. The van der Waals surface area contributed by atoms with E-state index in [1.807, 2.05) is 0 Å². The van der Waals surface area contributed by atoms with E-state index < -0.39 is 11.6 Å². The van der Waals surface area contributed by atoms with Gasteiger partial charge in [-0.05, 0) is 76.5 Å². The molecule has 0 spiro atoms. The van der Waals surface area contributed by atoms with Crippen LogP contribution in [0.1, 0.15) is 69.2 Å². The van der Waals surface area contributed by atoms with Crippen LogP contribution in [0.3, 0.4) is 0 Å². The van der Waals surface area contributed by atoms with Gasteiger partial charge in [0.1, 0.15) is 16.7 Å². The molecule has 43 heavy (non-hydrogen) atoms. The summed E-state index contributed by atoms with van der Waals surface area (Å²) in [5, 5.41) is 8.13. The number of pyridine rings is 1. The minimum absolute atomic E-state index is 0.0747. The van der Waals surface area contributed by atoms with E-state index in [2.05, 4.69) is 52.0 Å². The van der Waals surface area contributed by atoms with Crippen LogP contribution >= 0.6 is 11.9 Å². The molecule has 5 rings (SSSR count). The number of nitrogens with zero attached hydrogens (tertiary/aromatic N) is 5. The lowest BCUT2D eigenvalue weighted by Gasteiger charge is -2.34. The van der Waals surface area contributed by atoms with Crippen LogP contribution in [0.15, 0.2) is 54.4 Å². The Bertz CT molecular complexity index is 1400. The van der Waals surface area contributed by atoms with E-state index in [0.717, 1.165) is 50.7 Å². The second-order valence-electron chi connectivity index (χ2n) is 12.1. The van der Waals surface area contributed by atoms with Crippen LogP contribution in [0.4, 0.5) is 19.0 Å². The minimum atomic E-state index is -4.22. The van der Waals surface area contributed by atoms with Crippen molar-refractivity contribution >= 4 is 28.7 Å². The number of hydrogen-bond acceptors (Lipinski definition) is 8. The Balaban J connectivity index is 1.40. The van der Waals surface area contributed by atoms with Gasteiger partial charge in [0.25, 0.3) is 5.91 Å². The molecule has 13 heteroatoms. The number of halogens is 3. The average molecular weight is 618 g/mol. The number of fused-ring (bicyclic) bond motifs is 4. The number of amides is 1. The van der Waals surface area contributed by atoms with Gasteiger partial charge in [-0.25, -0.2) is 14.7 Å². The number of carbonyl (C=O) groups is 1. The maximum Gasteiger partial charge on any atom is 0.394 e. The highest BCUT2D eigenvalue weighted by atomic mass is 32.2. The lowest BCUT2D eigenvalue weighted by Crippen LogP contribution is -2.40. The summed E-state index contributed by atoms with van der Waals surface area (Å²) in [7, 11) is 0. The third kappa shape index (κ3) is 7.02. The van der Waals surface area contributed by atoms with E-state index in [1.165, 1.54) is 4.68 Å². The highest BCUT2D eigenvalue weighted by Crippen LogP contribution is 2.59. The van der Waals surface area contributed by atoms with Crippen LogP contribution in [0.25, 0.3) is 5.82 Å². The Morgan fingerprint density at radius 1 is 1.23 bits per heavy atom. The van der Waals surface area contributed by atoms with E-state index in [0.29, 0.717) is 34.0 Å². The molecule has 1 saturated carbocycles. The van der Waals surface area contributed by atoms with Crippen LogP contribution in [0.2, 0.25) is 0 Å². The van der Waals surface area contributed by atoms with E-state index in [9.17, 15) is 18.0 Å². The van der Waals surface area contributed by atoms with Crippen LogP contribution in [-0.2, 0) is 0 Å². The molecule has 1 saturated heterocycles. The normalized spacial score (nSPS) is 23.4. The zero-order valence-electron chi connectivity index (χ0n) is 24.5. The molecule has 1 unspecified atom stereocenters. The molecule has 2 aromatic rings. The highest BCUT2D eigenvalue weighted by Gasteiger charge is 2.62. The standard InChI is InChI=1S/C30H38F3N7O2S/c1-5-25-35-20(2)34-15-7-6-8-21-18-28(3,4)39(19-21)26-22(27(41)38-43-25)9-10-23(36-26)40-16-11-24(37-40)42-17-14-29(12-13-29)30(31,32)33/h5,9-11,16,21,34H,1-2,6-8,12-15,17-19H2,3-4H3,(H,38,41)/b35-25+. The third-order valence-electron chi connectivity index (χ3n) is 8.44. The summed E-state index contributed by atoms with van der Waals surface area (Å²) in [6, 6.07) is 5.01. The predicted molar refractivity (Wildman–Crippen MR) is 162 cm³/mol. The van der Waals surface area contributed by atoms with Gasteiger partial charge < -0.3 is 15.0 Å². The zero-order chi connectivity index (χ0) is 30.8. The fraction of sp³-hybridized carbons (Fsp3) is 0.533. The smallest absolute Gasteiger partial charge is 0.394 e. The van der Waals surface area contributed by atoms with E-state index in [4.69, 9.17) is 9.72 Å². The number of nitrogens with one attached hydrogen (secondary N) is 2. The lowest BCUT2D eigenvalue weighted by molar-refractivity contribution is -0.190. The van der Waals surface area contributed by atoms with Crippen molar-refractivity contribution in [2.75, 3.05) is 24.6 Å². The van der Waals surface area contributed by atoms with E-state index >= 15 is 0 Å². The van der Waals surface area contributed by atoms with Crippen LogP contribution in [0.5, 0.6) is 5.88 Å².